The van der Waals surface area contributed by atoms with Gasteiger partial charge in [0.2, 0.25) is 0 Å². The molecule has 18 heavy (non-hydrogen) atoms. The summed E-state index contributed by atoms with van der Waals surface area (Å²) in [5.41, 5.74) is 3.44. The van der Waals surface area contributed by atoms with Crippen LogP contribution in [0.3, 0.4) is 0 Å². The molecule has 0 saturated carbocycles. The number of benzene rings is 1. The third kappa shape index (κ3) is 2.27. The zero-order valence-electron chi connectivity index (χ0n) is 10.7. The molecule has 0 bridgehead atoms. The number of hydrogen-bond donors (Lipinski definition) is 0. The Morgan fingerprint density at radius 3 is 2.61 bits per heavy atom. The summed E-state index contributed by atoms with van der Waals surface area (Å²) < 4.78 is 6.35. The maximum absolute atomic E-state index is 12.5. The fraction of sp³-hybridized carbons (Fsp3) is 0.267. The van der Waals surface area contributed by atoms with E-state index >= 15 is 0 Å². The van der Waals surface area contributed by atoms with Crippen LogP contribution >= 0.6 is 15.9 Å². The van der Waals surface area contributed by atoms with Crippen molar-refractivity contribution in [2.24, 2.45) is 0 Å². The molecule has 0 aliphatic heterocycles. The Morgan fingerprint density at radius 1 is 1.22 bits per heavy atom. The molecule has 2 nitrogen and oxygen atoms in total. The summed E-state index contributed by atoms with van der Waals surface area (Å²) in [5, 5.41) is 0. The van der Waals surface area contributed by atoms with Crippen molar-refractivity contribution in [3.8, 4) is 0 Å². The van der Waals surface area contributed by atoms with Gasteiger partial charge < -0.3 is 4.42 Å². The largest absolute Gasteiger partial charge is 0.469 e. The lowest BCUT2D eigenvalue weighted by Gasteiger charge is -2.08. The molecule has 1 aromatic carbocycles. The van der Waals surface area contributed by atoms with E-state index in [-0.39, 0.29) is 5.78 Å². The van der Waals surface area contributed by atoms with E-state index in [1.165, 1.54) is 0 Å². The second kappa shape index (κ2) is 5.11. The van der Waals surface area contributed by atoms with E-state index in [4.69, 9.17) is 4.42 Å². The predicted molar refractivity (Wildman–Crippen MR) is 75.1 cm³/mol. The molecule has 0 N–H and O–H groups in total. The van der Waals surface area contributed by atoms with Gasteiger partial charge in [-0.25, -0.2) is 0 Å². The average molecular weight is 307 g/mol. The minimum atomic E-state index is 0.0358. The summed E-state index contributed by atoms with van der Waals surface area (Å²) in [6, 6.07) is 5.65. The van der Waals surface area contributed by atoms with Gasteiger partial charge in [0, 0.05) is 16.5 Å². The molecular weight excluding hydrogens is 292 g/mol. The van der Waals surface area contributed by atoms with Crippen LogP contribution in [-0.2, 0) is 6.42 Å². The van der Waals surface area contributed by atoms with Crippen LogP contribution in [0.15, 0.2) is 33.4 Å². The lowest BCUT2D eigenvalue weighted by molar-refractivity contribution is 0.103. The Hall–Kier alpha value is -1.35. The number of ketones is 1. The molecule has 0 spiro atoms. The molecule has 1 heterocycles. The topological polar surface area (TPSA) is 30.2 Å². The van der Waals surface area contributed by atoms with Gasteiger partial charge in [-0.3, -0.25) is 4.79 Å². The minimum absolute atomic E-state index is 0.0358. The van der Waals surface area contributed by atoms with Crippen molar-refractivity contribution in [2.75, 3.05) is 0 Å². The highest BCUT2D eigenvalue weighted by Gasteiger charge is 2.18. The summed E-state index contributed by atoms with van der Waals surface area (Å²) in [6.07, 6.45) is 2.30. The number of carbonyl (C=O) groups excluding carboxylic acids is 1. The van der Waals surface area contributed by atoms with E-state index in [2.05, 4.69) is 15.9 Å². The first-order valence-electron chi connectivity index (χ1n) is 5.92. The highest BCUT2D eigenvalue weighted by Crippen LogP contribution is 2.24. The van der Waals surface area contributed by atoms with E-state index in [0.29, 0.717) is 5.56 Å². The van der Waals surface area contributed by atoms with Crippen LogP contribution in [0.1, 0.15) is 39.7 Å². The molecule has 0 atom stereocenters. The number of halogens is 1. The predicted octanol–water partition coefficient (Wildman–Crippen LogP) is 4.45. The Morgan fingerprint density at radius 2 is 1.94 bits per heavy atom. The van der Waals surface area contributed by atoms with Crippen molar-refractivity contribution >= 4 is 21.7 Å². The van der Waals surface area contributed by atoms with Crippen LogP contribution in [0.4, 0.5) is 0 Å². The summed E-state index contributed by atoms with van der Waals surface area (Å²) in [4.78, 5) is 12.5. The van der Waals surface area contributed by atoms with Crippen LogP contribution in [0.2, 0.25) is 0 Å². The summed E-state index contributed by atoms with van der Waals surface area (Å²) in [5.74, 6) is 0.786. The van der Waals surface area contributed by atoms with Crippen molar-refractivity contribution in [3.05, 3.63) is 56.9 Å². The Balaban J connectivity index is 2.50. The molecule has 3 heteroatoms. The first-order valence-corrected chi connectivity index (χ1v) is 6.71. The van der Waals surface area contributed by atoms with Crippen molar-refractivity contribution in [1.82, 2.24) is 0 Å². The zero-order valence-corrected chi connectivity index (χ0v) is 12.3. The molecule has 1 aromatic heterocycles. The monoisotopic (exact) mass is 306 g/mol. The van der Waals surface area contributed by atoms with E-state index in [1.54, 1.807) is 12.3 Å². The number of carbonyl (C=O) groups is 1. The SMILES string of the molecule is CCc1occc1C(=O)c1cc(C)c(Br)cc1C. The maximum Gasteiger partial charge on any atom is 0.196 e. The van der Waals surface area contributed by atoms with E-state index in [9.17, 15) is 4.79 Å². The van der Waals surface area contributed by atoms with Crippen molar-refractivity contribution in [1.29, 1.82) is 0 Å². The van der Waals surface area contributed by atoms with E-state index in [0.717, 1.165) is 33.3 Å². The molecular formula is C15H15BrO2. The van der Waals surface area contributed by atoms with Gasteiger partial charge in [0.25, 0.3) is 0 Å². The molecule has 0 aliphatic rings. The summed E-state index contributed by atoms with van der Waals surface area (Å²) in [7, 11) is 0. The second-order valence-corrected chi connectivity index (χ2v) is 5.21. The number of aryl methyl sites for hydroxylation is 3. The molecule has 0 saturated heterocycles. The molecule has 2 aromatic rings. The third-order valence-electron chi connectivity index (χ3n) is 3.06. The van der Waals surface area contributed by atoms with Crippen LogP contribution < -0.4 is 0 Å². The van der Waals surface area contributed by atoms with Gasteiger partial charge in [-0.2, -0.15) is 0 Å². The standard InChI is InChI=1S/C15H15BrO2/c1-4-14-11(5-6-18-14)15(17)12-7-10(3)13(16)8-9(12)2/h5-8H,4H2,1-3H3. The Labute approximate surface area is 115 Å². The highest BCUT2D eigenvalue weighted by atomic mass is 79.9. The molecule has 0 fully saturated rings. The Kier molecular flexibility index (Phi) is 3.71. The van der Waals surface area contributed by atoms with Crippen molar-refractivity contribution in [3.63, 3.8) is 0 Å². The lowest BCUT2D eigenvalue weighted by atomic mass is 9.97. The smallest absolute Gasteiger partial charge is 0.196 e. The van der Waals surface area contributed by atoms with Crippen LogP contribution in [-0.4, -0.2) is 5.78 Å². The molecule has 2 rings (SSSR count). The highest BCUT2D eigenvalue weighted by molar-refractivity contribution is 9.10. The Bertz CT molecular complexity index is 597. The third-order valence-corrected chi connectivity index (χ3v) is 3.92. The van der Waals surface area contributed by atoms with Crippen LogP contribution in [0.5, 0.6) is 0 Å². The zero-order chi connectivity index (χ0) is 13.3. The molecule has 0 unspecified atom stereocenters. The van der Waals surface area contributed by atoms with Crippen LogP contribution in [0, 0.1) is 13.8 Å². The van der Waals surface area contributed by atoms with E-state index in [1.807, 2.05) is 32.9 Å². The number of rotatable bonds is 3. The quantitative estimate of drug-likeness (QED) is 0.784. The van der Waals surface area contributed by atoms with Gasteiger partial charge >= 0.3 is 0 Å². The van der Waals surface area contributed by atoms with Gasteiger partial charge in [0.1, 0.15) is 5.76 Å². The lowest BCUT2D eigenvalue weighted by Crippen LogP contribution is -2.05. The minimum Gasteiger partial charge on any atom is -0.469 e. The van der Waals surface area contributed by atoms with Gasteiger partial charge in [-0.15, -0.1) is 0 Å². The summed E-state index contributed by atoms with van der Waals surface area (Å²) in [6.45, 7) is 5.91. The van der Waals surface area contributed by atoms with Crippen molar-refractivity contribution in [2.45, 2.75) is 27.2 Å². The van der Waals surface area contributed by atoms with Crippen LogP contribution in [0.25, 0.3) is 0 Å². The molecule has 0 amide bonds. The fourth-order valence-corrected chi connectivity index (χ4v) is 2.45. The normalized spacial score (nSPS) is 10.7. The average Bonchev–Trinajstić information content (AvgIpc) is 2.81. The number of hydrogen-bond acceptors (Lipinski definition) is 2. The summed E-state index contributed by atoms with van der Waals surface area (Å²) >= 11 is 3.48. The first-order chi connectivity index (χ1) is 8.54. The van der Waals surface area contributed by atoms with Gasteiger partial charge in [-0.05, 0) is 43.2 Å². The van der Waals surface area contributed by atoms with Crippen molar-refractivity contribution < 1.29 is 9.21 Å². The molecule has 0 radical (unpaired) electrons. The maximum atomic E-state index is 12.5. The second-order valence-electron chi connectivity index (χ2n) is 4.36. The fourth-order valence-electron chi connectivity index (χ4n) is 1.99. The molecule has 0 aliphatic carbocycles. The van der Waals surface area contributed by atoms with Gasteiger partial charge in [0.15, 0.2) is 5.78 Å². The first kappa shape index (κ1) is 13.1. The van der Waals surface area contributed by atoms with Gasteiger partial charge in [-0.1, -0.05) is 22.9 Å². The molecule has 94 valence electrons. The van der Waals surface area contributed by atoms with E-state index < -0.39 is 0 Å². The number of furan rings is 1. The van der Waals surface area contributed by atoms with Gasteiger partial charge in [0.05, 0.1) is 11.8 Å².